The quantitative estimate of drug-likeness (QED) is 0.642. The minimum Gasteiger partial charge on any atom is -0.374 e. The van der Waals surface area contributed by atoms with Crippen LogP contribution in [-0.2, 0) is 0 Å². The first kappa shape index (κ1) is 15.0. The van der Waals surface area contributed by atoms with Crippen molar-refractivity contribution in [3.05, 3.63) is 48.4 Å². The van der Waals surface area contributed by atoms with Gasteiger partial charge >= 0.3 is 0 Å². The van der Waals surface area contributed by atoms with Crippen LogP contribution in [0.5, 0.6) is 0 Å². The van der Waals surface area contributed by atoms with Gasteiger partial charge in [-0.15, -0.1) is 11.3 Å². The maximum absolute atomic E-state index is 10.7. The summed E-state index contributed by atoms with van der Waals surface area (Å²) in [5, 5.41) is 17.1. The average Bonchev–Trinajstić information content (AvgIpc) is 2.80. The maximum atomic E-state index is 10.7. The molecule has 1 heterocycles. The summed E-state index contributed by atoms with van der Waals surface area (Å²) in [6.45, 7) is 3.84. The van der Waals surface area contributed by atoms with Crippen LogP contribution in [0.1, 0.15) is 23.7 Å². The van der Waals surface area contributed by atoms with Crippen LogP contribution in [-0.4, -0.2) is 9.91 Å². The number of aromatic nitrogens is 1. The number of nitrogens with one attached hydrogen (secondary N) is 1. The fourth-order valence-corrected chi connectivity index (χ4v) is 3.04. The van der Waals surface area contributed by atoms with E-state index < -0.39 is 4.92 Å². The fraction of sp³-hybridized carbons (Fsp3) is 0.250. The Bertz CT molecular complexity index is 637. The summed E-state index contributed by atoms with van der Waals surface area (Å²) in [4.78, 5) is 14.6. The van der Waals surface area contributed by atoms with Gasteiger partial charge in [-0.1, -0.05) is 23.2 Å². The average molecular weight is 332 g/mol. The van der Waals surface area contributed by atoms with Gasteiger partial charge in [-0.05, 0) is 13.8 Å². The second-order valence-electron chi connectivity index (χ2n) is 4.23. The van der Waals surface area contributed by atoms with E-state index in [1.807, 2.05) is 19.2 Å². The van der Waals surface area contributed by atoms with Crippen LogP contribution in [0, 0.1) is 17.0 Å². The van der Waals surface area contributed by atoms with Gasteiger partial charge in [0.1, 0.15) is 5.01 Å². The van der Waals surface area contributed by atoms with Gasteiger partial charge in [-0.2, -0.15) is 0 Å². The van der Waals surface area contributed by atoms with Gasteiger partial charge in [0.25, 0.3) is 5.69 Å². The van der Waals surface area contributed by atoms with Crippen LogP contribution >= 0.6 is 34.5 Å². The fourth-order valence-electron chi connectivity index (χ4n) is 1.65. The smallest absolute Gasteiger partial charge is 0.272 e. The third-order valence-corrected chi connectivity index (χ3v) is 4.35. The van der Waals surface area contributed by atoms with Gasteiger partial charge in [0.15, 0.2) is 0 Å². The lowest BCUT2D eigenvalue weighted by Gasteiger charge is -2.15. The summed E-state index contributed by atoms with van der Waals surface area (Å²) < 4.78 is 0. The van der Waals surface area contributed by atoms with E-state index in [-0.39, 0.29) is 21.8 Å². The van der Waals surface area contributed by atoms with E-state index in [0.717, 1.165) is 10.7 Å². The molecule has 0 spiro atoms. The van der Waals surface area contributed by atoms with Crippen molar-refractivity contribution in [2.24, 2.45) is 0 Å². The van der Waals surface area contributed by atoms with Crippen LogP contribution in [0.25, 0.3) is 0 Å². The monoisotopic (exact) mass is 331 g/mol. The summed E-state index contributed by atoms with van der Waals surface area (Å²) in [6.07, 6.45) is 0. The molecule has 0 saturated heterocycles. The topological polar surface area (TPSA) is 68.1 Å². The Morgan fingerprint density at radius 1 is 1.40 bits per heavy atom. The second-order valence-corrected chi connectivity index (χ2v) is 5.94. The molecule has 0 saturated carbocycles. The third-order valence-electron chi connectivity index (χ3n) is 2.61. The van der Waals surface area contributed by atoms with E-state index in [1.54, 1.807) is 0 Å². The Balaban J connectivity index is 2.27. The van der Waals surface area contributed by atoms with Crippen LogP contribution < -0.4 is 5.32 Å². The molecule has 0 amide bonds. The number of nitro benzene ring substituents is 1. The van der Waals surface area contributed by atoms with Gasteiger partial charge in [0.05, 0.1) is 26.7 Å². The van der Waals surface area contributed by atoms with Crippen molar-refractivity contribution in [1.29, 1.82) is 0 Å². The number of rotatable bonds is 4. The Morgan fingerprint density at radius 3 is 2.45 bits per heavy atom. The molecule has 1 aromatic heterocycles. The predicted molar refractivity (Wildman–Crippen MR) is 82.0 cm³/mol. The zero-order valence-electron chi connectivity index (χ0n) is 10.7. The SMILES string of the molecule is Cc1csc(C(C)Nc2c(Cl)cc([N+](=O)[O-])cc2Cl)n1. The Kier molecular flexibility index (Phi) is 4.47. The zero-order chi connectivity index (χ0) is 14.9. The van der Waals surface area contributed by atoms with E-state index in [1.165, 1.54) is 23.5 Å². The van der Waals surface area contributed by atoms with Crippen LogP contribution in [0.4, 0.5) is 11.4 Å². The van der Waals surface area contributed by atoms with Crippen molar-refractivity contribution >= 4 is 45.9 Å². The highest BCUT2D eigenvalue weighted by Gasteiger charge is 2.17. The molecule has 1 atom stereocenters. The van der Waals surface area contributed by atoms with Gasteiger partial charge in [0, 0.05) is 23.2 Å². The molecule has 1 unspecified atom stereocenters. The first-order chi connectivity index (χ1) is 9.38. The number of non-ortho nitro benzene ring substituents is 1. The van der Waals surface area contributed by atoms with Crippen molar-refractivity contribution < 1.29 is 4.92 Å². The van der Waals surface area contributed by atoms with Gasteiger partial charge < -0.3 is 5.32 Å². The third kappa shape index (κ3) is 3.20. The predicted octanol–water partition coefficient (Wildman–Crippen LogP) is 4.84. The molecule has 8 heteroatoms. The van der Waals surface area contributed by atoms with E-state index in [4.69, 9.17) is 23.2 Å². The van der Waals surface area contributed by atoms with Crippen LogP contribution in [0.15, 0.2) is 17.5 Å². The highest BCUT2D eigenvalue weighted by Crippen LogP contribution is 2.37. The van der Waals surface area contributed by atoms with Gasteiger partial charge in [-0.25, -0.2) is 4.98 Å². The molecule has 0 radical (unpaired) electrons. The van der Waals surface area contributed by atoms with Crippen molar-refractivity contribution in [1.82, 2.24) is 4.98 Å². The molecule has 1 aromatic carbocycles. The van der Waals surface area contributed by atoms with E-state index in [2.05, 4.69) is 10.3 Å². The van der Waals surface area contributed by atoms with E-state index >= 15 is 0 Å². The number of thiazole rings is 1. The largest absolute Gasteiger partial charge is 0.374 e. The van der Waals surface area contributed by atoms with Gasteiger partial charge in [0.2, 0.25) is 0 Å². The van der Waals surface area contributed by atoms with Gasteiger partial charge in [-0.3, -0.25) is 10.1 Å². The molecule has 2 aromatic rings. The molecule has 2 rings (SSSR count). The molecule has 5 nitrogen and oxygen atoms in total. The van der Waals surface area contributed by atoms with Crippen LogP contribution in [0.3, 0.4) is 0 Å². The van der Waals surface area contributed by atoms with Crippen molar-refractivity contribution in [3.63, 3.8) is 0 Å². The summed E-state index contributed by atoms with van der Waals surface area (Å²) in [7, 11) is 0. The second kappa shape index (κ2) is 5.95. The van der Waals surface area contributed by atoms with Crippen molar-refractivity contribution in [2.45, 2.75) is 19.9 Å². The summed E-state index contributed by atoms with van der Waals surface area (Å²) in [5.41, 5.74) is 1.28. The molecular formula is C12H11Cl2N3O2S. The Morgan fingerprint density at radius 2 is 2.00 bits per heavy atom. The summed E-state index contributed by atoms with van der Waals surface area (Å²) in [6, 6.07) is 2.45. The van der Waals surface area contributed by atoms with Crippen LogP contribution in [0.2, 0.25) is 10.0 Å². The number of halogens is 2. The molecule has 106 valence electrons. The first-order valence-electron chi connectivity index (χ1n) is 5.70. The number of benzene rings is 1. The number of nitrogens with zero attached hydrogens (tertiary/aromatic N) is 2. The number of hydrogen-bond donors (Lipinski definition) is 1. The molecule has 0 bridgehead atoms. The number of nitro groups is 1. The molecule has 1 N–H and O–H groups in total. The lowest BCUT2D eigenvalue weighted by Crippen LogP contribution is -2.07. The van der Waals surface area contributed by atoms with E-state index in [0.29, 0.717) is 5.69 Å². The van der Waals surface area contributed by atoms with Crippen molar-refractivity contribution in [3.8, 4) is 0 Å². The number of anilines is 1. The zero-order valence-corrected chi connectivity index (χ0v) is 13.0. The minimum atomic E-state index is -0.533. The standard InChI is InChI=1S/C12H11Cl2N3O2S/c1-6-5-20-12(15-6)7(2)16-11-9(13)3-8(17(18)19)4-10(11)14/h3-5,7,16H,1-2H3. The summed E-state index contributed by atoms with van der Waals surface area (Å²) in [5.74, 6) is 0. The molecule has 0 aliphatic heterocycles. The maximum Gasteiger partial charge on any atom is 0.272 e. The lowest BCUT2D eigenvalue weighted by atomic mass is 10.2. The number of hydrogen-bond acceptors (Lipinski definition) is 5. The lowest BCUT2D eigenvalue weighted by molar-refractivity contribution is -0.384. The molecular weight excluding hydrogens is 321 g/mol. The highest BCUT2D eigenvalue weighted by molar-refractivity contribution is 7.09. The van der Waals surface area contributed by atoms with E-state index in [9.17, 15) is 10.1 Å². The Labute approximate surface area is 129 Å². The highest BCUT2D eigenvalue weighted by atomic mass is 35.5. The number of aryl methyl sites for hydroxylation is 1. The normalized spacial score (nSPS) is 12.2. The molecule has 0 aliphatic rings. The molecule has 0 fully saturated rings. The summed E-state index contributed by atoms with van der Waals surface area (Å²) >= 11 is 13.6. The molecule has 20 heavy (non-hydrogen) atoms. The minimum absolute atomic E-state index is 0.0924. The van der Waals surface area contributed by atoms with Crippen molar-refractivity contribution in [2.75, 3.05) is 5.32 Å². The first-order valence-corrected chi connectivity index (χ1v) is 7.34. The molecule has 0 aliphatic carbocycles. The Hall–Kier alpha value is -1.37.